The molecule has 0 aromatic rings. The van der Waals surface area contributed by atoms with Gasteiger partial charge in [0.15, 0.2) is 0 Å². The van der Waals surface area contributed by atoms with E-state index in [-0.39, 0.29) is 23.3 Å². The Morgan fingerprint density at radius 3 is 2.17 bits per heavy atom. The molecule has 0 radical (unpaired) electrons. The smallest absolute Gasteiger partial charge is 0.307 e. The maximum Gasteiger partial charge on any atom is 0.307 e. The Hall–Kier alpha value is -1.06. The molecule has 4 nitrogen and oxygen atoms in total. The van der Waals surface area contributed by atoms with Crippen LogP contribution in [0.4, 0.5) is 0 Å². The van der Waals surface area contributed by atoms with Crippen molar-refractivity contribution in [3.63, 3.8) is 0 Å². The lowest BCUT2D eigenvalue weighted by molar-refractivity contribution is -0.146. The van der Waals surface area contributed by atoms with Crippen LogP contribution in [0.1, 0.15) is 47.5 Å². The number of rotatable bonds is 3. The Kier molecular flexibility index (Phi) is 4.41. The van der Waals surface area contributed by atoms with Gasteiger partial charge in [0.2, 0.25) is 5.91 Å². The molecular formula is C14H25NO3. The quantitative estimate of drug-likeness (QED) is 0.813. The summed E-state index contributed by atoms with van der Waals surface area (Å²) in [6.07, 6.45) is 1.29. The van der Waals surface area contributed by atoms with Gasteiger partial charge in [0.25, 0.3) is 0 Å². The van der Waals surface area contributed by atoms with Crippen LogP contribution in [0, 0.1) is 23.2 Å². The first-order valence-corrected chi connectivity index (χ1v) is 6.66. The first kappa shape index (κ1) is 15.0. The van der Waals surface area contributed by atoms with E-state index in [4.69, 9.17) is 5.11 Å². The number of hydrogen-bond acceptors (Lipinski definition) is 2. The highest BCUT2D eigenvalue weighted by molar-refractivity contribution is 5.85. The lowest BCUT2D eigenvalue weighted by atomic mass is 9.87. The van der Waals surface area contributed by atoms with Crippen LogP contribution in [0.5, 0.6) is 0 Å². The van der Waals surface area contributed by atoms with Crippen LogP contribution in [0.25, 0.3) is 0 Å². The Morgan fingerprint density at radius 1 is 1.22 bits per heavy atom. The molecule has 1 saturated carbocycles. The lowest BCUT2D eigenvalue weighted by Gasteiger charge is -2.29. The van der Waals surface area contributed by atoms with Crippen LogP contribution in [-0.2, 0) is 9.59 Å². The van der Waals surface area contributed by atoms with Crippen molar-refractivity contribution in [1.29, 1.82) is 0 Å². The molecule has 1 amide bonds. The highest BCUT2D eigenvalue weighted by atomic mass is 16.4. The highest BCUT2D eigenvalue weighted by Gasteiger charge is 2.41. The van der Waals surface area contributed by atoms with Crippen molar-refractivity contribution >= 4 is 11.9 Å². The summed E-state index contributed by atoms with van der Waals surface area (Å²) in [5, 5.41) is 12.1. The zero-order valence-electron chi connectivity index (χ0n) is 12.0. The largest absolute Gasteiger partial charge is 0.481 e. The SMILES string of the molecule is CC1C[C@H](C(=O)NC(C)C(C)(C)C)[C@H](C(=O)O)C1. The number of carboxylic acids is 1. The number of nitrogens with one attached hydrogen (secondary N) is 1. The third kappa shape index (κ3) is 3.47. The van der Waals surface area contributed by atoms with E-state index in [1.807, 2.05) is 13.8 Å². The minimum absolute atomic E-state index is 0.0153. The van der Waals surface area contributed by atoms with Crippen LogP contribution < -0.4 is 5.32 Å². The van der Waals surface area contributed by atoms with E-state index in [1.54, 1.807) is 0 Å². The van der Waals surface area contributed by atoms with Crippen LogP contribution >= 0.6 is 0 Å². The Labute approximate surface area is 109 Å². The van der Waals surface area contributed by atoms with Crippen molar-refractivity contribution in [2.45, 2.75) is 53.5 Å². The van der Waals surface area contributed by atoms with Crippen molar-refractivity contribution in [3.8, 4) is 0 Å². The van der Waals surface area contributed by atoms with Gasteiger partial charge in [-0.15, -0.1) is 0 Å². The fourth-order valence-electron chi connectivity index (χ4n) is 2.39. The summed E-state index contributed by atoms with van der Waals surface area (Å²) in [6, 6.07) is 0.0374. The predicted octanol–water partition coefficient (Wildman–Crippen LogP) is 2.28. The van der Waals surface area contributed by atoms with Crippen molar-refractivity contribution in [2.24, 2.45) is 23.2 Å². The van der Waals surface area contributed by atoms with E-state index < -0.39 is 11.9 Å². The van der Waals surface area contributed by atoms with E-state index in [0.717, 1.165) is 0 Å². The average molecular weight is 255 g/mol. The first-order chi connectivity index (χ1) is 8.12. The van der Waals surface area contributed by atoms with E-state index >= 15 is 0 Å². The second kappa shape index (κ2) is 5.29. The molecular weight excluding hydrogens is 230 g/mol. The summed E-state index contributed by atoms with van der Waals surface area (Å²) in [4.78, 5) is 23.4. The molecule has 0 heterocycles. The van der Waals surface area contributed by atoms with Crippen LogP contribution in [0.15, 0.2) is 0 Å². The molecule has 0 spiro atoms. The zero-order valence-corrected chi connectivity index (χ0v) is 12.0. The fraction of sp³-hybridized carbons (Fsp3) is 0.857. The normalized spacial score (nSPS) is 29.9. The molecule has 0 aromatic carbocycles. The van der Waals surface area contributed by atoms with Gasteiger partial charge in [-0.05, 0) is 31.1 Å². The van der Waals surface area contributed by atoms with Gasteiger partial charge in [0, 0.05) is 6.04 Å². The van der Waals surface area contributed by atoms with Crippen molar-refractivity contribution in [1.82, 2.24) is 5.32 Å². The van der Waals surface area contributed by atoms with E-state index in [0.29, 0.717) is 18.8 Å². The Bertz CT molecular complexity index is 332. The zero-order chi connectivity index (χ0) is 14.1. The number of aliphatic carboxylic acids is 1. The molecule has 0 aliphatic heterocycles. The molecule has 2 N–H and O–H groups in total. The second-order valence-corrected chi connectivity index (χ2v) is 6.72. The standard InChI is InChI=1S/C14H25NO3/c1-8-6-10(11(7-8)13(17)18)12(16)15-9(2)14(3,4)5/h8-11H,6-7H2,1-5H3,(H,15,16)(H,17,18)/t8?,9?,10-,11+/m0/s1. The molecule has 4 heteroatoms. The van der Waals surface area contributed by atoms with E-state index in [2.05, 4.69) is 26.1 Å². The van der Waals surface area contributed by atoms with Crippen LogP contribution in [-0.4, -0.2) is 23.0 Å². The average Bonchev–Trinajstić information content (AvgIpc) is 2.58. The number of amides is 1. The van der Waals surface area contributed by atoms with E-state index in [9.17, 15) is 9.59 Å². The number of hydrogen-bond donors (Lipinski definition) is 2. The molecule has 1 aliphatic rings. The molecule has 0 saturated heterocycles. The first-order valence-electron chi connectivity index (χ1n) is 6.66. The molecule has 1 aliphatic carbocycles. The van der Waals surface area contributed by atoms with Gasteiger partial charge >= 0.3 is 5.97 Å². The third-order valence-electron chi connectivity index (χ3n) is 4.11. The van der Waals surface area contributed by atoms with Gasteiger partial charge in [0.05, 0.1) is 11.8 Å². The molecule has 1 fully saturated rings. The second-order valence-electron chi connectivity index (χ2n) is 6.72. The van der Waals surface area contributed by atoms with Crippen molar-refractivity contribution < 1.29 is 14.7 Å². The topological polar surface area (TPSA) is 66.4 Å². The summed E-state index contributed by atoms with van der Waals surface area (Å²) in [5.41, 5.74) is -0.0153. The Morgan fingerprint density at radius 2 is 1.72 bits per heavy atom. The van der Waals surface area contributed by atoms with Crippen LogP contribution in [0.2, 0.25) is 0 Å². The molecule has 4 atom stereocenters. The molecule has 2 unspecified atom stereocenters. The monoisotopic (exact) mass is 255 g/mol. The maximum absolute atomic E-state index is 12.2. The van der Waals surface area contributed by atoms with Gasteiger partial charge in [0.1, 0.15) is 0 Å². The number of carbonyl (C=O) groups is 2. The maximum atomic E-state index is 12.2. The molecule has 18 heavy (non-hydrogen) atoms. The minimum Gasteiger partial charge on any atom is -0.481 e. The lowest BCUT2D eigenvalue weighted by Crippen LogP contribution is -2.45. The summed E-state index contributed by atoms with van der Waals surface area (Å²) in [5.74, 6) is -1.53. The van der Waals surface area contributed by atoms with Crippen molar-refractivity contribution in [3.05, 3.63) is 0 Å². The predicted molar refractivity (Wildman–Crippen MR) is 70.1 cm³/mol. The summed E-state index contributed by atoms with van der Waals surface area (Å²) in [6.45, 7) is 10.2. The molecule has 0 bridgehead atoms. The van der Waals surface area contributed by atoms with Crippen LogP contribution in [0.3, 0.4) is 0 Å². The van der Waals surface area contributed by atoms with Gasteiger partial charge in [-0.25, -0.2) is 0 Å². The van der Waals surface area contributed by atoms with E-state index in [1.165, 1.54) is 0 Å². The van der Waals surface area contributed by atoms with Gasteiger partial charge in [-0.1, -0.05) is 27.7 Å². The minimum atomic E-state index is -0.845. The number of carboxylic acid groups (broad SMARTS) is 1. The highest BCUT2D eigenvalue weighted by Crippen LogP contribution is 2.36. The third-order valence-corrected chi connectivity index (χ3v) is 4.11. The van der Waals surface area contributed by atoms with Gasteiger partial charge in [-0.2, -0.15) is 0 Å². The van der Waals surface area contributed by atoms with Crippen molar-refractivity contribution in [2.75, 3.05) is 0 Å². The molecule has 104 valence electrons. The summed E-state index contributed by atoms with van der Waals surface area (Å²) >= 11 is 0. The van der Waals surface area contributed by atoms with Gasteiger partial charge in [-0.3, -0.25) is 9.59 Å². The molecule has 1 rings (SSSR count). The summed E-state index contributed by atoms with van der Waals surface area (Å²) < 4.78 is 0. The summed E-state index contributed by atoms with van der Waals surface area (Å²) in [7, 11) is 0. The number of carbonyl (C=O) groups excluding carboxylic acids is 1. The van der Waals surface area contributed by atoms with Gasteiger partial charge < -0.3 is 10.4 Å². The molecule has 0 aromatic heterocycles. The fourth-order valence-corrected chi connectivity index (χ4v) is 2.39. The Balaban J connectivity index is 2.69.